The zero-order valence-electron chi connectivity index (χ0n) is 23.0. The van der Waals surface area contributed by atoms with Crippen molar-refractivity contribution in [3.63, 3.8) is 0 Å². The molecule has 0 aliphatic carbocycles. The summed E-state index contributed by atoms with van der Waals surface area (Å²) < 4.78 is 12.5. The van der Waals surface area contributed by atoms with Crippen LogP contribution in [-0.2, 0) is 11.2 Å². The first-order valence-electron chi connectivity index (χ1n) is 13.3. The van der Waals surface area contributed by atoms with Gasteiger partial charge in [-0.25, -0.2) is 9.78 Å². The molecule has 38 heavy (non-hydrogen) atoms. The molecule has 1 aliphatic heterocycles. The number of ether oxygens (including phenoxy) is 1. The third-order valence-corrected chi connectivity index (χ3v) is 8.31. The minimum Gasteiger partial charge on any atom is -0.491 e. The van der Waals surface area contributed by atoms with Crippen LogP contribution >= 0.6 is 0 Å². The molecule has 1 aromatic carbocycles. The number of hydrogen-bond acceptors (Lipinski definition) is 6. The number of ketones is 1. The van der Waals surface area contributed by atoms with Crippen molar-refractivity contribution in [2.24, 2.45) is 17.8 Å². The van der Waals surface area contributed by atoms with E-state index in [1.807, 2.05) is 13.8 Å². The highest BCUT2D eigenvalue weighted by Gasteiger charge is 2.40. The number of benzene rings is 1. The molecule has 3 aromatic rings. The summed E-state index contributed by atoms with van der Waals surface area (Å²) in [6, 6.07) is 6.98. The number of aromatic nitrogens is 2. The molecule has 0 unspecified atom stereocenters. The minimum absolute atomic E-state index is 0.0949. The van der Waals surface area contributed by atoms with Crippen LogP contribution in [0.4, 0.5) is 0 Å². The highest BCUT2D eigenvalue weighted by Crippen LogP contribution is 2.41. The number of carbonyl (C=O) groups excluding carboxylic acids is 1. The Labute approximate surface area is 223 Å². The Bertz CT molecular complexity index is 1350. The molecule has 0 spiro atoms. The highest BCUT2D eigenvalue weighted by atomic mass is 16.5. The smallest absolute Gasteiger partial charge is 0.338 e. The van der Waals surface area contributed by atoms with Gasteiger partial charge < -0.3 is 24.4 Å². The fourth-order valence-electron chi connectivity index (χ4n) is 5.48. The molecule has 0 radical (unpaired) electrons. The van der Waals surface area contributed by atoms with E-state index in [9.17, 15) is 19.8 Å². The van der Waals surface area contributed by atoms with E-state index in [1.54, 1.807) is 44.3 Å². The Morgan fingerprint density at radius 2 is 1.92 bits per heavy atom. The number of rotatable bonds is 10. The fourth-order valence-corrected chi connectivity index (χ4v) is 5.48. The quantitative estimate of drug-likeness (QED) is 0.275. The number of carboxylic acid groups (broad SMARTS) is 1. The van der Waals surface area contributed by atoms with Crippen LogP contribution in [0.25, 0.3) is 11.1 Å². The van der Waals surface area contributed by atoms with E-state index in [-0.39, 0.29) is 23.2 Å². The Hall–Kier alpha value is -3.39. The van der Waals surface area contributed by atoms with E-state index in [0.717, 1.165) is 24.2 Å². The van der Waals surface area contributed by atoms with Crippen molar-refractivity contribution < 1.29 is 29.0 Å². The van der Waals surface area contributed by atoms with Crippen LogP contribution in [0.1, 0.15) is 86.2 Å². The summed E-state index contributed by atoms with van der Waals surface area (Å²) in [5.41, 5.74) is 2.74. The molecule has 0 saturated carbocycles. The van der Waals surface area contributed by atoms with Crippen molar-refractivity contribution in [3.05, 3.63) is 64.5 Å². The number of aliphatic hydroxyl groups is 1. The maximum Gasteiger partial charge on any atom is 0.338 e. The number of aryl methyl sites for hydroxylation is 1. The molecule has 204 valence electrons. The third-order valence-electron chi connectivity index (χ3n) is 8.31. The van der Waals surface area contributed by atoms with Crippen LogP contribution in [-0.4, -0.2) is 43.6 Å². The number of carboxylic acids is 1. The monoisotopic (exact) mass is 522 g/mol. The van der Waals surface area contributed by atoms with Gasteiger partial charge in [0, 0.05) is 12.1 Å². The van der Waals surface area contributed by atoms with Gasteiger partial charge in [-0.2, -0.15) is 0 Å². The van der Waals surface area contributed by atoms with E-state index in [0.29, 0.717) is 41.1 Å². The van der Waals surface area contributed by atoms with Gasteiger partial charge in [0.2, 0.25) is 5.89 Å². The van der Waals surface area contributed by atoms with Crippen LogP contribution < -0.4 is 0 Å². The van der Waals surface area contributed by atoms with Gasteiger partial charge >= 0.3 is 5.97 Å². The number of nitrogens with zero attached hydrogens (tertiary/aromatic N) is 1. The van der Waals surface area contributed by atoms with Gasteiger partial charge in [0.05, 0.1) is 23.8 Å². The number of H-pyrrole nitrogens is 1. The summed E-state index contributed by atoms with van der Waals surface area (Å²) in [5, 5.41) is 20.6. The number of nitrogens with one attached hydrogen (secondary N) is 1. The lowest BCUT2D eigenvalue weighted by atomic mass is 9.76. The predicted octanol–water partition coefficient (Wildman–Crippen LogP) is 6.09. The average Bonchev–Trinajstić information content (AvgIpc) is 3.54. The number of hydrogen-bond donors (Lipinski definition) is 3. The molecule has 3 N–H and O–H groups in total. The molecule has 8 heteroatoms. The first kappa shape index (κ1) is 27.6. The number of aromatic carboxylic acids is 1. The zero-order valence-corrected chi connectivity index (χ0v) is 23.0. The maximum absolute atomic E-state index is 12.7. The lowest BCUT2D eigenvalue weighted by Crippen LogP contribution is -2.41. The van der Waals surface area contributed by atoms with E-state index >= 15 is 0 Å². The van der Waals surface area contributed by atoms with Crippen molar-refractivity contribution in [2.75, 3.05) is 0 Å². The van der Waals surface area contributed by atoms with Crippen LogP contribution in [0.2, 0.25) is 0 Å². The van der Waals surface area contributed by atoms with Crippen molar-refractivity contribution >= 4 is 22.9 Å². The second-order valence-corrected chi connectivity index (χ2v) is 11.2. The van der Waals surface area contributed by atoms with E-state index < -0.39 is 23.6 Å². The van der Waals surface area contributed by atoms with Gasteiger partial charge in [-0.15, -0.1) is 0 Å². The SMILES string of the molecule is CC1=C(Cc2nc3c(C(=O)O)c(C)ccc3o2)O[C@@](C)([C@H](C)C[C@@H](C)[C@H](O)[C@H](C)C(=O)c2ccc[nH]2)CC1. The van der Waals surface area contributed by atoms with Crippen molar-refractivity contribution in [2.45, 2.75) is 78.9 Å². The molecule has 1 aliphatic rings. The molecule has 5 atom stereocenters. The number of aromatic amines is 1. The van der Waals surface area contributed by atoms with Crippen LogP contribution in [0.15, 0.2) is 46.2 Å². The first-order valence-corrected chi connectivity index (χ1v) is 13.3. The van der Waals surface area contributed by atoms with Crippen molar-refractivity contribution in [3.8, 4) is 0 Å². The highest BCUT2D eigenvalue weighted by molar-refractivity contribution is 6.01. The number of oxazole rings is 1. The summed E-state index contributed by atoms with van der Waals surface area (Å²) in [7, 11) is 0. The van der Waals surface area contributed by atoms with Gasteiger partial charge in [-0.1, -0.05) is 26.8 Å². The van der Waals surface area contributed by atoms with Crippen LogP contribution in [0.5, 0.6) is 0 Å². The van der Waals surface area contributed by atoms with E-state index in [4.69, 9.17) is 9.15 Å². The topological polar surface area (TPSA) is 126 Å². The number of Topliss-reactive ketones (excluding diaryl/α,β-unsaturated/α-hetero) is 1. The second kappa shape index (κ2) is 10.8. The van der Waals surface area contributed by atoms with Crippen LogP contribution in [0.3, 0.4) is 0 Å². The summed E-state index contributed by atoms with van der Waals surface area (Å²) in [5.74, 6) is -0.444. The number of carbonyl (C=O) groups is 2. The molecule has 0 fully saturated rings. The molecular formula is C30H38N2O6. The van der Waals surface area contributed by atoms with Gasteiger partial charge in [0.25, 0.3) is 0 Å². The number of aliphatic hydroxyl groups excluding tert-OH is 1. The molecule has 0 saturated heterocycles. The first-order chi connectivity index (χ1) is 17.9. The maximum atomic E-state index is 12.7. The van der Waals surface area contributed by atoms with E-state index in [2.05, 4.69) is 23.8 Å². The van der Waals surface area contributed by atoms with Crippen molar-refractivity contribution in [1.82, 2.24) is 9.97 Å². The number of fused-ring (bicyclic) bond motifs is 1. The predicted molar refractivity (Wildman–Crippen MR) is 144 cm³/mol. The zero-order chi connectivity index (χ0) is 27.8. The molecule has 0 bridgehead atoms. The molecule has 0 amide bonds. The molecule has 2 aromatic heterocycles. The lowest BCUT2D eigenvalue weighted by Gasteiger charge is -2.42. The third kappa shape index (κ3) is 5.41. The summed E-state index contributed by atoms with van der Waals surface area (Å²) >= 11 is 0. The summed E-state index contributed by atoms with van der Waals surface area (Å²) in [4.78, 5) is 31.9. The van der Waals surface area contributed by atoms with E-state index in [1.165, 1.54) is 0 Å². The van der Waals surface area contributed by atoms with Crippen LogP contribution in [0, 0.1) is 24.7 Å². The Balaban J connectivity index is 1.46. The molecule has 3 heterocycles. The summed E-state index contributed by atoms with van der Waals surface area (Å²) in [6.07, 6.45) is 3.65. The number of allylic oxidation sites excluding steroid dienone is 2. The van der Waals surface area contributed by atoms with Gasteiger partial charge in [-0.3, -0.25) is 4.79 Å². The Morgan fingerprint density at radius 3 is 2.58 bits per heavy atom. The largest absolute Gasteiger partial charge is 0.491 e. The Morgan fingerprint density at radius 1 is 1.18 bits per heavy atom. The second-order valence-electron chi connectivity index (χ2n) is 11.2. The standard InChI is InChI=1S/C30H38N2O6/c1-16-11-12-30(6,19(4)14-18(3)27(33)20(5)28(34)21-8-7-13-31-21)38-23(16)15-24-32-26-22(37-24)10-9-17(2)25(26)29(35)36/h7-10,13,18-20,27,31,33H,11-12,14-15H2,1-6H3,(H,35,36)/t18-,19-,20+,27+,30-/m1/s1. The molecule has 4 rings (SSSR count). The van der Waals surface area contributed by atoms with Gasteiger partial charge in [0.15, 0.2) is 11.4 Å². The molecule has 8 nitrogen and oxygen atoms in total. The minimum atomic E-state index is -1.03. The fraction of sp³-hybridized carbons (Fsp3) is 0.500. The Kier molecular flexibility index (Phi) is 7.83. The molecular weight excluding hydrogens is 484 g/mol. The normalized spacial score (nSPS) is 21.1. The van der Waals surface area contributed by atoms with Gasteiger partial charge in [-0.05, 0) is 81.2 Å². The average molecular weight is 523 g/mol. The van der Waals surface area contributed by atoms with Gasteiger partial charge in [0.1, 0.15) is 16.9 Å². The lowest BCUT2D eigenvalue weighted by molar-refractivity contribution is -0.0618. The summed E-state index contributed by atoms with van der Waals surface area (Å²) in [6.45, 7) is 11.8. The van der Waals surface area contributed by atoms with Crippen molar-refractivity contribution in [1.29, 1.82) is 0 Å².